The van der Waals surface area contributed by atoms with E-state index in [1.807, 2.05) is 0 Å². The molecule has 0 amide bonds. The maximum atomic E-state index is 12.3. The van der Waals surface area contributed by atoms with Crippen LogP contribution in [0.2, 0.25) is 0 Å². The van der Waals surface area contributed by atoms with E-state index in [0.717, 1.165) is 0 Å². The Labute approximate surface area is 132 Å². The first-order valence-corrected chi connectivity index (χ1v) is 6.86. The Morgan fingerprint density at radius 1 is 1.21 bits per heavy atom. The van der Waals surface area contributed by atoms with Crippen LogP contribution < -0.4 is 16.0 Å². The van der Waals surface area contributed by atoms with Gasteiger partial charge in [-0.25, -0.2) is 9.89 Å². The zero-order valence-electron chi connectivity index (χ0n) is 11.9. The molecule has 1 atom stereocenters. The Morgan fingerprint density at radius 3 is 2.83 bits per heavy atom. The summed E-state index contributed by atoms with van der Waals surface area (Å²) in [6.45, 7) is 0. The minimum Gasteiger partial charge on any atom is -0.422 e. The number of aromatic amines is 3. The van der Waals surface area contributed by atoms with Crippen LogP contribution in [-0.4, -0.2) is 25.1 Å². The fourth-order valence-electron chi connectivity index (χ4n) is 2.81. The van der Waals surface area contributed by atoms with E-state index in [1.165, 1.54) is 24.4 Å². The molecule has 0 bridgehead atoms. The van der Waals surface area contributed by atoms with E-state index in [4.69, 9.17) is 4.74 Å². The highest BCUT2D eigenvalue weighted by Crippen LogP contribution is 2.43. The molecule has 10 heteroatoms. The predicted molar refractivity (Wildman–Crippen MR) is 80.4 cm³/mol. The van der Waals surface area contributed by atoms with Gasteiger partial charge in [-0.2, -0.15) is 5.10 Å². The lowest BCUT2D eigenvalue weighted by Crippen LogP contribution is -2.30. The van der Waals surface area contributed by atoms with E-state index in [0.29, 0.717) is 11.1 Å². The zero-order chi connectivity index (χ0) is 16.8. The van der Waals surface area contributed by atoms with E-state index < -0.39 is 22.1 Å². The van der Waals surface area contributed by atoms with E-state index in [-0.39, 0.29) is 23.0 Å². The smallest absolute Gasteiger partial charge is 0.328 e. The van der Waals surface area contributed by atoms with Crippen molar-refractivity contribution in [3.8, 4) is 11.8 Å². The molecule has 0 saturated heterocycles. The first kappa shape index (κ1) is 13.9. The molecule has 24 heavy (non-hydrogen) atoms. The van der Waals surface area contributed by atoms with Gasteiger partial charge >= 0.3 is 5.69 Å². The molecule has 3 heterocycles. The van der Waals surface area contributed by atoms with E-state index >= 15 is 0 Å². The van der Waals surface area contributed by atoms with Gasteiger partial charge in [0.15, 0.2) is 0 Å². The van der Waals surface area contributed by atoms with E-state index in [1.54, 1.807) is 6.07 Å². The Balaban J connectivity index is 2.00. The molecule has 3 N–H and O–H groups in total. The van der Waals surface area contributed by atoms with Gasteiger partial charge in [-0.15, -0.1) is 0 Å². The Hall–Kier alpha value is -3.69. The van der Waals surface area contributed by atoms with Crippen LogP contribution >= 0.6 is 0 Å². The van der Waals surface area contributed by atoms with Gasteiger partial charge in [-0.1, -0.05) is 12.1 Å². The second kappa shape index (κ2) is 4.91. The van der Waals surface area contributed by atoms with E-state index in [2.05, 4.69) is 20.2 Å². The van der Waals surface area contributed by atoms with Gasteiger partial charge in [0.2, 0.25) is 11.8 Å². The molecule has 1 aromatic carbocycles. The molecule has 120 valence electrons. The quantitative estimate of drug-likeness (QED) is 0.369. The van der Waals surface area contributed by atoms with Crippen molar-refractivity contribution in [2.45, 2.75) is 5.92 Å². The average Bonchev–Trinajstić information content (AvgIpc) is 3.00. The third kappa shape index (κ3) is 2.00. The molecular formula is C14H9N5O5. The molecular weight excluding hydrogens is 318 g/mol. The highest BCUT2D eigenvalue weighted by Gasteiger charge is 2.34. The Kier molecular flexibility index (Phi) is 2.85. The molecule has 3 aromatic rings. The molecule has 4 rings (SSSR count). The summed E-state index contributed by atoms with van der Waals surface area (Å²) in [6.07, 6.45) is 1.48. The van der Waals surface area contributed by atoms with Crippen molar-refractivity contribution in [1.29, 1.82) is 0 Å². The van der Waals surface area contributed by atoms with Crippen molar-refractivity contribution < 1.29 is 9.66 Å². The van der Waals surface area contributed by atoms with Crippen molar-refractivity contribution >= 4 is 5.69 Å². The molecule has 0 radical (unpaired) electrons. The second-order valence-corrected chi connectivity index (χ2v) is 5.19. The summed E-state index contributed by atoms with van der Waals surface area (Å²) >= 11 is 0. The molecule has 1 aliphatic heterocycles. The maximum Gasteiger partial charge on any atom is 0.328 e. The van der Waals surface area contributed by atoms with Gasteiger partial charge in [0, 0.05) is 17.7 Å². The first-order valence-electron chi connectivity index (χ1n) is 6.86. The number of nitro groups is 1. The van der Waals surface area contributed by atoms with Crippen LogP contribution in [0.15, 0.2) is 40.1 Å². The molecule has 1 unspecified atom stereocenters. The fraction of sp³-hybridized carbons (Fsp3) is 0.0714. The Bertz CT molecular complexity index is 1080. The van der Waals surface area contributed by atoms with Gasteiger partial charge in [-0.05, 0) is 5.56 Å². The number of H-pyrrole nitrogens is 3. The number of nitrogens with zero attached hydrogens (tertiary/aromatic N) is 2. The fourth-order valence-corrected chi connectivity index (χ4v) is 2.81. The van der Waals surface area contributed by atoms with Crippen molar-refractivity contribution in [2.75, 3.05) is 0 Å². The molecule has 1 aliphatic rings. The zero-order valence-corrected chi connectivity index (χ0v) is 11.9. The summed E-state index contributed by atoms with van der Waals surface area (Å²) in [5.74, 6) is -0.416. The maximum absolute atomic E-state index is 12.3. The van der Waals surface area contributed by atoms with Crippen molar-refractivity contribution in [2.24, 2.45) is 0 Å². The average molecular weight is 327 g/mol. The number of ether oxygens (including phenoxy) is 1. The summed E-state index contributed by atoms with van der Waals surface area (Å²) in [5.41, 5.74) is -0.235. The third-order valence-corrected chi connectivity index (χ3v) is 3.79. The van der Waals surface area contributed by atoms with Crippen LogP contribution in [0.3, 0.4) is 0 Å². The van der Waals surface area contributed by atoms with Crippen LogP contribution in [0.5, 0.6) is 11.8 Å². The molecule has 0 spiro atoms. The number of aromatic nitrogens is 4. The van der Waals surface area contributed by atoms with Crippen molar-refractivity contribution in [1.82, 2.24) is 20.2 Å². The van der Waals surface area contributed by atoms with Crippen LogP contribution in [0.4, 0.5) is 5.69 Å². The summed E-state index contributed by atoms with van der Waals surface area (Å²) in [4.78, 5) is 38.9. The lowest BCUT2D eigenvalue weighted by Gasteiger charge is -2.23. The van der Waals surface area contributed by atoms with Gasteiger partial charge < -0.3 is 4.74 Å². The minimum absolute atomic E-state index is 0.0167. The SMILES string of the molecule is O=c1[nH]c2c(c(=O)[nH]1)C(c1cccc([N+](=O)[O-])c1)c1cn[nH]c1O2. The largest absolute Gasteiger partial charge is 0.422 e. The van der Waals surface area contributed by atoms with Crippen LogP contribution in [0, 0.1) is 10.1 Å². The van der Waals surface area contributed by atoms with Crippen molar-refractivity contribution in [3.63, 3.8) is 0 Å². The van der Waals surface area contributed by atoms with Crippen LogP contribution in [0.1, 0.15) is 22.6 Å². The Morgan fingerprint density at radius 2 is 2.04 bits per heavy atom. The van der Waals surface area contributed by atoms with Crippen LogP contribution in [-0.2, 0) is 0 Å². The molecule has 0 fully saturated rings. The normalized spacial score (nSPS) is 15.2. The van der Waals surface area contributed by atoms with Crippen LogP contribution in [0.25, 0.3) is 0 Å². The number of nitrogens with one attached hydrogen (secondary N) is 3. The monoisotopic (exact) mass is 327 g/mol. The van der Waals surface area contributed by atoms with Gasteiger partial charge in [-0.3, -0.25) is 24.9 Å². The molecule has 10 nitrogen and oxygen atoms in total. The van der Waals surface area contributed by atoms with Gasteiger partial charge in [0.25, 0.3) is 11.2 Å². The topological polar surface area (TPSA) is 147 Å². The van der Waals surface area contributed by atoms with E-state index in [9.17, 15) is 19.7 Å². The number of rotatable bonds is 2. The minimum atomic E-state index is -0.709. The number of hydrogen-bond donors (Lipinski definition) is 3. The first-order chi connectivity index (χ1) is 11.5. The number of fused-ring (bicyclic) bond motifs is 2. The standard InChI is InChI=1S/C14H9N5O5/c20-11-10-9(6-2-1-3-7(4-6)19(22)23)8-5-15-18-12(8)24-13(10)17-14(21)16-11/h1-5,9H,(H,15,18)(H2,16,17,20,21). The molecule has 0 saturated carbocycles. The number of nitro benzene ring substituents is 1. The summed E-state index contributed by atoms with van der Waals surface area (Å²) in [5, 5.41) is 17.6. The lowest BCUT2D eigenvalue weighted by molar-refractivity contribution is -0.384. The highest BCUT2D eigenvalue weighted by molar-refractivity contribution is 5.54. The number of non-ortho nitro benzene ring substituents is 1. The number of hydrogen-bond acceptors (Lipinski definition) is 6. The van der Waals surface area contributed by atoms with Crippen molar-refractivity contribution in [3.05, 3.63) is 78.1 Å². The highest BCUT2D eigenvalue weighted by atomic mass is 16.6. The summed E-state index contributed by atoms with van der Waals surface area (Å²) < 4.78 is 5.48. The summed E-state index contributed by atoms with van der Waals surface area (Å²) in [6, 6.07) is 5.93. The second-order valence-electron chi connectivity index (χ2n) is 5.19. The molecule has 2 aromatic heterocycles. The van der Waals surface area contributed by atoms with Gasteiger partial charge in [0.1, 0.15) is 0 Å². The third-order valence-electron chi connectivity index (χ3n) is 3.79. The summed E-state index contributed by atoms with van der Waals surface area (Å²) in [7, 11) is 0. The predicted octanol–water partition coefficient (Wildman–Crippen LogP) is 0.980. The number of benzene rings is 1. The lowest BCUT2D eigenvalue weighted by atomic mass is 9.86. The van der Waals surface area contributed by atoms with Gasteiger partial charge in [0.05, 0.1) is 22.6 Å². The molecule has 0 aliphatic carbocycles.